The molecule has 1 heterocycles. The van der Waals surface area contributed by atoms with Crippen molar-refractivity contribution in [2.75, 3.05) is 18.4 Å². The molecule has 1 aliphatic carbocycles. The summed E-state index contributed by atoms with van der Waals surface area (Å²) < 4.78 is 0. The molecule has 114 valence electrons. The Labute approximate surface area is 126 Å². The molecule has 3 N–H and O–H groups in total. The summed E-state index contributed by atoms with van der Waals surface area (Å²) in [4.78, 5) is 15.1. The van der Waals surface area contributed by atoms with Gasteiger partial charge in [0.25, 0.3) is 0 Å². The van der Waals surface area contributed by atoms with Gasteiger partial charge in [0.2, 0.25) is 5.91 Å². The molecule has 0 saturated heterocycles. The second-order valence-corrected chi connectivity index (χ2v) is 6.17. The number of amides is 1. The molecule has 1 amide bonds. The highest BCUT2D eigenvalue weighted by Gasteiger charge is 2.35. The Balaban J connectivity index is 1.76. The second-order valence-electron chi connectivity index (χ2n) is 6.17. The van der Waals surface area contributed by atoms with Crippen LogP contribution in [-0.2, 0) is 11.2 Å². The van der Waals surface area contributed by atoms with Crippen molar-refractivity contribution in [3.8, 4) is 0 Å². The highest BCUT2D eigenvalue weighted by Crippen LogP contribution is 2.30. The van der Waals surface area contributed by atoms with Gasteiger partial charge < -0.3 is 11.1 Å². The van der Waals surface area contributed by atoms with Crippen molar-refractivity contribution in [1.29, 1.82) is 0 Å². The number of benzene rings is 1. The highest BCUT2D eigenvalue weighted by atomic mass is 16.2. The smallest absolute Gasteiger partial charge is 0.241 e. The zero-order valence-electron chi connectivity index (χ0n) is 12.6. The number of hydrogen-bond acceptors (Lipinski definition) is 3. The zero-order valence-corrected chi connectivity index (χ0v) is 12.6. The Kier molecular flexibility index (Phi) is 4.56. The summed E-state index contributed by atoms with van der Waals surface area (Å²) >= 11 is 0. The van der Waals surface area contributed by atoms with Gasteiger partial charge in [0.05, 0.1) is 6.04 Å². The second kappa shape index (κ2) is 6.58. The van der Waals surface area contributed by atoms with Gasteiger partial charge in [0.1, 0.15) is 0 Å². The average molecular weight is 287 g/mol. The normalized spacial score (nSPS) is 22.4. The number of nitrogens with one attached hydrogen (secondary N) is 1. The third kappa shape index (κ3) is 3.11. The Morgan fingerprint density at radius 3 is 2.76 bits per heavy atom. The molecular weight excluding hydrogens is 262 g/mol. The molecule has 1 aliphatic heterocycles. The van der Waals surface area contributed by atoms with Gasteiger partial charge in [-0.1, -0.05) is 24.6 Å². The molecule has 1 aromatic carbocycles. The van der Waals surface area contributed by atoms with E-state index in [-0.39, 0.29) is 11.9 Å². The summed E-state index contributed by atoms with van der Waals surface area (Å²) in [6.45, 7) is 1.63. The minimum absolute atomic E-state index is 0.00532. The van der Waals surface area contributed by atoms with Crippen molar-refractivity contribution < 1.29 is 4.79 Å². The number of nitrogens with zero attached hydrogens (tertiary/aromatic N) is 1. The average Bonchev–Trinajstić information content (AvgIpc) is 2.60. The van der Waals surface area contributed by atoms with Gasteiger partial charge in [-0.2, -0.15) is 0 Å². The molecule has 4 heteroatoms. The highest BCUT2D eigenvalue weighted by molar-refractivity contribution is 5.96. The number of anilines is 1. The number of hydrogen-bond donors (Lipinski definition) is 2. The van der Waals surface area contributed by atoms with E-state index >= 15 is 0 Å². The van der Waals surface area contributed by atoms with Crippen molar-refractivity contribution in [2.24, 2.45) is 5.73 Å². The molecular formula is C17H25N3O. The maximum atomic E-state index is 12.6. The molecule has 0 radical (unpaired) electrons. The molecule has 21 heavy (non-hydrogen) atoms. The van der Waals surface area contributed by atoms with Crippen molar-refractivity contribution >= 4 is 11.6 Å². The van der Waals surface area contributed by atoms with Gasteiger partial charge in [0.15, 0.2) is 0 Å². The molecule has 1 unspecified atom stereocenters. The third-order valence-corrected chi connectivity index (χ3v) is 4.83. The lowest BCUT2D eigenvalue weighted by molar-refractivity contribution is -0.123. The number of aryl methyl sites for hydroxylation is 1. The number of fused-ring (bicyclic) bond motifs is 1. The topological polar surface area (TPSA) is 58.4 Å². The van der Waals surface area contributed by atoms with E-state index in [0.717, 1.165) is 31.5 Å². The Hall–Kier alpha value is -1.39. The maximum Gasteiger partial charge on any atom is 0.241 e. The van der Waals surface area contributed by atoms with Crippen LogP contribution in [0.25, 0.3) is 0 Å². The molecule has 3 rings (SSSR count). The van der Waals surface area contributed by atoms with Crippen LogP contribution in [0.15, 0.2) is 24.3 Å². The number of rotatable bonds is 5. The molecule has 1 saturated carbocycles. The van der Waals surface area contributed by atoms with Gasteiger partial charge in [-0.05, 0) is 50.3 Å². The van der Waals surface area contributed by atoms with E-state index in [2.05, 4.69) is 16.3 Å². The van der Waals surface area contributed by atoms with Gasteiger partial charge in [-0.3, -0.25) is 9.69 Å². The first-order chi connectivity index (χ1) is 10.3. The Bertz CT molecular complexity index is 499. The SMILES string of the molecule is NCCCN(C1CCC1)C1CCc2ccccc2NC1=O. The number of carbonyl (C=O) groups is 1. The fraction of sp³-hybridized carbons (Fsp3) is 0.588. The summed E-state index contributed by atoms with van der Waals surface area (Å²) in [7, 11) is 0. The van der Waals surface area contributed by atoms with E-state index < -0.39 is 0 Å². The van der Waals surface area contributed by atoms with Crippen molar-refractivity contribution in [3.63, 3.8) is 0 Å². The van der Waals surface area contributed by atoms with Crippen molar-refractivity contribution in [3.05, 3.63) is 29.8 Å². The minimum Gasteiger partial charge on any atom is -0.330 e. The van der Waals surface area contributed by atoms with Crippen LogP contribution in [0.2, 0.25) is 0 Å². The van der Waals surface area contributed by atoms with Crippen LogP contribution in [0.1, 0.15) is 37.7 Å². The summed E-state index contributed by atoms with van der Waals surface area (Å²) in [6.07, 6.45) is 6.57. The number of nitrogens with two attached hydrogens (primary N) is 1. The van der Waals surface area contributed by atoms with Crippen LogP contribution < -0.4 is 11.1 Å². The van der Waals surface area contributed by atoms with Crippen LogP contribution in [-0.4, -0.2) is 36.0 Å². The first kappa shape index (κ1) is 14.5. The van der Waals surface area contributed by atoms with Crippen LogP contribution in [0, 0.1) is 0 Å². The largest absolute Gasteiger partial charge is 0.330 e. The molecule has 1 atom stereocenters. The zero-order chi connectivity index (χ0) is 14.7. The van der Waals surface area contributed by atoms with E-state index in [9.17, 15) is 4.79 Å². The monoisotopic (exact) mass is 287 g/mol. The van der Waals surface area contributed by atoms with Gasteiger partial charge in [-0.15, -0.1) is 0 Å². The van der Waals surface area contributed by atoms with Crippen molar-refractivity contribution in [1.82, 2.24) is 4.90 Å². The molecule has 4 nitrogen and oxygen atoms in total. The molecule has 1 aromatic rings. The number of carbonyl (C=O) groups excluding carboxylic acids is 1. The fourth-order valence-corrected chi connectivity index (χ4v) is 3.40. The van der Waals surface area contributed by atoms with E-state index in [0.29, 0.717) is 12.6 Å². The summed E-state index contributed by atoms with van der Waals surface area (Å²) in [5.41, 5.74) is 7.91. The lowest BCUT2D eigenvalue weighted by Crippen LogP contribution is -2.52. The summed E-state index contributed by atoms with van der Waals surface area (Å²) in [5, 5.41) is 3.12. The standard InChI is InChI=1S/C17H25N3O/c18-11-4-12-20(14-6-3-7-14)16-10-9-13-5-1-2-8-15(13)19-17(16)21/h1-2,5,8,14,16H,3-4,6-7,9-12,18H2,(H,19,21). The van der Waals surface area contributed by atoms with Gasteiger partial charge >= 0.3 is 0 Å². The quantitative estimate of drug-likeness (QED) is 0.872. The van der Waals surface area contributed by atoms with Crippen molar-refractivity contribution in [2.45, 2.75) is 50.6 Å². The predicted octanol–water partition coefficient (Wildman–Crippen LogP) is 2.14. The van der Waals surface area contributed by atoms with E-state index in [1.165, 1.54) is 24.8 Å². The molecule has 1 fully saturated rings. The van der Waals surface area contributed by atoms with Crippen LogP contribution in [0.4, 0.5) is 5.69 Å². The Morgan fingerprint density at radius 1 is 1.24 bits per heavy atom. The summed E-state index contributed by atoms with van der Waals surface area (Å²) in [6, 6.07) is 8.72. The van der Waals surface area contributed by atoms with E-state index in [4.69, 9.17) is 5.73 Å². The minimum atomic E-state index is -0.00532. The molecule has 0 spiro atoms. The fourth-order valence-electron chi connectivity index (χ4n) is 3.40. The lowest BCUT2D eigenvalue weighted by atomic mass is 9.89. The van der Waals surface area contributed by atoms with E-state index in [1.54, 1.807) is 0 Å². The van der Waals surface area contributed by atoms with Crippen LogP contribution >= 0.6 is 0 Å². The molecule has 2 aliphatic rings. The Morgan fingerprint density at radius 2 is 2.05 bits per heavy atom. The third-order valence-electron chi connectivity index (χ3n) is 4.83. The molecule has 0 aromatic heterocycles. The van der Waals surface area contributed by atoms with E-state index in [1.807, 2.05) is 18.2 Å². The predicted molar refractivity (Wildman–Crippen MR) is 85.2 cm³/mol. The van der Waals surface area contributed by atoms with Crippen LogP contribution in [0.3, 0.4) is 0 Å². The number of para-hydroxylation sites is 1. The lowest BCUT2D eigenvalue weighted by Gasteiger charge is -2.41. The molecule has 0 bridgehead atoms. The first-order valence-corrected chi connectivity index (χ1v) is 8.14. The maximum absolute atomic E-state index is 12.6. The van der Waals surface area contributed by atoms with Gasteiger partial charge in [0, 0.05) is 18.3 Å². The van der Waals surface area contributed by atoms with Gasteiger partial charge in [-0.25, -0.2) is 0 Å². The first-order valence-electron chi connectivity index (χ1n) is 8.14. The summed E-state index contributed by atoms with van der Waals surface area (Å²) in [5.74, 6) is 0.156. The van der Waals surface area contributed by atoms with Crippen LogP contribution in [0.5, 0.6) is 0 Å².